The first-order valence-corrected chi connectivity index (χ1v) is 15.9. The van der Waals surface area contributed by atoms with Gasteiger partial charge in [-0.1, -0.05) is 61.2 Å². The fourth-order valence-corrected chi connectivity index (χ4v) is 6.24. The van der Waals surface area contributed by atoms with Crippen molar-refractivity contribution in [3.05, 3.63) is 99.6 Å². The summed E-state index contributed by atoms with van der Waals surface area (Å²) in [6, 6.07) is 19.2. The zero-order valence-electron chi connectivity index (χ0n) is 25.5. The third-order valence-corrected chi connectivity index (χ3v) is 8.48. The number of rotatable bonds is 15. The number of nitrogens with two attached hydrogens (primary N) is 1. The van der Waals surface area contributed by atoms with Crippen LogP contribution in [-0.2, 0) is 25.5 Å². The molecule has 0 aliphatic heterocycles. The summed E-state index contributed by atoms with van der Waals surface area (Å²) in [6.45, 7) is 4.38. The van der Waals surface area contributed by atoms with Gasteiger partial charge in [-0.05, 0) is 81.4 Å². The van der Waals surface area contributed by atoms with Crippen LogP contribution >= 0.6 is 22.6 Å². The van der Waals surface area contributed by atoms with Crippen LogP contribution in [0.4, 0.5) is 4.79 Å². The number of esters is 1. The van der Waals surface area contributed by atoms with Gasteiger partial charge in [0.15, 0.2) is 5.96 Å². The second-order valence-corrected chi connectivity index (χ2v) is 11.8. The number of ether oxygens (including phenoxy) is 3. The molecule has 1 aliphatic carbocycles. The van der Waals surface area contributed by atoms with Gasteiger partial charge >= 0.3 is 12.1 Å². The van der Waals surface area contributed by atoms with E-state index >= 15 is 0 Å². The van der Waals surface area contributed by atoms with E-state index in [0.29, 0.717) is 25.3 Å². The Kier molecular flexibility index (Phi) is 12.4. The quantitative estimate of drug-likeness (QED) is 0.0386. The number of halogens is 1. The number of hydrogen-bond acceptors (Lipinski definition) is 7. The molecular weight excluding hydrogens is 701 g/mol. The average molecular weight is 740 g/mol. The number of fused-ring (bicyclic) bond motifs is 3. The normalized spacial score (nSPS) is 14.1. The van der Waals surface area contributed by atoms with Gasteiger partial charge < -0.3 is 35.9 Å². The second-order valence-electron chi connectivity index (χ2n) is 10.7. The maximum absolute atomic E-state index is 13.5. The van der Waals surface area contributed by atoms with Crippen molar-refractivity contribution in [3.63, 3.8) is 0 Å². The Balaban J connectivity index is 1.44. The number of benzene rings is 3. The summed E-state index contributed by atoms with van der Waals surface area (Å²) in [5.41, 5.74) is 10.5. The van der Waals surface area contributed by atoms with Crippen molar-refractivity contribution in [2.24, 2.45) is 5.73 Å². The van der Waals surface area contributed by atoms with E-state index in [1.165, 1.54) is 7.11 Å². The van der Waals surface area contributed by atoms with Gasteiger partial charge in [0.05, 0.1) is 7.11 Å². The molecule has 0 fully saturated rings. The highest BCUT2D eigenvalue weighted by Gasteiger charge is 2.32. The minimum absolute atomic E-state index is 0.0768. The Labute approximate surface area is 281 Å². The van der Waals surface area contributed by atoms with Gasteiger partial charge in [-0.25, -0.2) is 9.59 Å². The Morgan fingerprint density at radius 3 is 2.48 bits per heavy atom. The first-order valence-electron chi connectivity index (χ1n) is 14.8. The van der Waals surface area contributed by atoms with Gasteiger partial charge in [0.2, 0.25) is 5.91 Å². The molecule has 11 nitrogen and oxygen atoms in total. The monoisotopic (exact) mass is 739 g/mol. The predicted molar refractivity (Wildman–Crippen MR) is 184 cm³/mol. The van der Waals surface area contributed by atoms with E-state index in [1.807, 2.05) is 30.3 Å². The van der Waals surface area contributed by atoms with Gasteiger partial charge in [0.25, 0.3) is 0 Å². The maximum Gasteiger partial charge on any atom is 0.407 e. The number of hydrogen-bond donors (Lipinski definition) is 5. The van der Waals surface area contributed by atoms with Crippen LogP contribution in [0.5, 0.6) is 5.75 Å². The first kappa shape index (κ1) is 34.3. The lowest BCUT2D eigenvalue weighted by atomic mass is 9.98. The van der Waals surface area contributed by atoms with Crippen LogP contribution in [0.2, 0.25) is 0 Å². The van der Waals surface area contributed by atoms with Crippen molar-refractivity contribution in [1.82, 2.24) is 16.0 Å². The van der Waals surface area contributed by atoms with E-state index < -0.39 is 30.1 Å². The van der Waals surface area contributed by atoms with Crippen molar-refractivity contribution >= 4 is 46.5 Å². The largest absolute Gasteiger partial charge is 0.490 e. The highest BCUT2D eigenvalue weighted by atomic mass is 127. The lowest BCUT2D eigenvalue weighted by Crippen LogP contribution is -2.52. The summed E-state index contributed by atoms with van der Waals surface area (Å²) in [4.78, 5) is 39.4. The van der Waals surface area contributed by atoms with Crippen LogP contribution in [0.25, 0.3) is 11.1 Å². The molecular formula is C34H38IN5O6. The van der Waals surface area contributed by atoms with Crippen molar-refractivity contribution in [1.29, 1.82) is 5.41 Å². The first-order chi connectivity index (χ1) is 22.2. The number of amides is 2. The zero-order chi connectivity index (χ0) is 33.1. The summed E-state index contributed by atoms with van der Waals surface area (Å²) < 4.78 is 17.3. The zero-order valence-corrected chi connectivity index (χ0v) is 27.7. The molecule has 3 atom stereocenters. The smallest absolute Gasteiger partial charge is 0.407 e. The fraction of sp³-hybridized carbons (Fsp3) is 0.294. The summed E-state index contributed by atoms with van der Waals surface area (Å²) >= 11 is 2.30. The number of guanidine groups is 1. The summed E-state index contributed by atoms with van der Waals surface area (Å²) in [7, 11) is 1.24. The average Bonchev–Trinajstić information content (AvgIpc) is 3.38. The molecule has 4 rings (SSSR count). The van der Waals surface area contributed by atoms with Crippen molar-refractivity contribution in [2.75, 3.05) is 26.9 Å². The summed E-state index contributed by atoms with van der Waals surface area (Å²) in [5, 5.41) is 15.5. The maximum atomic E-state index is 13.5. The number of carbonyl (C=O) groups excluding carboxylic acids is 3. The molecule has 46 heavy (non-hydrogen) atoms. The van der Waals surface area contributed by atoms with E-state index in [0.717, 1.165) is 31.4 Å². The molecule has 242 valence electrons. The van der Waals surface area contributed by atoms with Gasteiger partial charge in [0, 0.05) is 22.5 Å². The van der Waals surface area contributed by atoms with Crippen LogP contribution in [-0.4, -0.2) is 62.9 Å². The molecule has 0 heterocycles. The molecule has 12 heteroatoms. The molecule has 0 bridgehead atoms. The molecule has 3 aromatic carbocycles. The van der Waals surface area contributed by atoms with Crippen LogP contribution in [0, 0.1) is 8.98 Å². The minimum atomic E-state index is -1.04. The summed E-state index contributed by atoms with van der Waals surface area (Å²) in [6.07, 6.45) is 1.62. The van der Waals surface area contributed by atoms with Crippen LogP contribution < -0.4 is 26.4 Å². The number of carbonyl (C=O) groups is 3. The van der Waals surface area contributed by atoms with Crippen molar-refractivity contribution in [2.45, 2.75) is 37.3 Å². The van der Waals surface area contributed by atoms with Crippen LogP contribution in [0.1, 0.15) is 35.4 Å². The molecule has 1 unspecified atom stereocenters. The van der Waals surface area contributed by atoms with Gasteiger partial charge in [-0.15, -0.1) is 0 Å². The third-order valence-electron chi connectivity index (χ3n) is 7.54. The Bertz CT molecular complexity index is 1560. The lowest BCUT2D eigenvalue weighted by molar-refractivity contribution is -0.145. The molecule has 3 aromatic rings. The Morgan fingerprint density at radius 2 is 1.76 bits per heavy atom. The molecule has 0 radical (unpaired) electrons. The second kappa shape index (κ2) is 16.6. The SMILES string of the molecule is C=CCOc1ccc(C[C@H](NC(=O)[C@@H](CCCNC(=N)N)NC(=O)OCC2c3ccccc3-c3cccc(I)c32)C(=O)OC)cc1. The van der Waals surface area contributed by atoms with E-state index in [4.69, 9.17) is 25.4 Å². The lowest BCUT2D eigenvalue weighted by Gasteiger charge is -2.23. The number of nitrogens with one attached hydrogen (secondary N) is 4. The molecule has 0 saturated carbocycles. The topological polar surface area (TPSA) is 165 Å². The molecule has 2 amide bonds. The van der Waals surface area contributed by atoms with E-state index in [2.05, 4.69) is 57.3 Å². The summed E-state index contributed by atoms with van der Waals surface area (Å²) in [5.74, 6) is -0.926. The van der Waals surface area contributed by atoms with E-state index in [-0.39, 0.29) is 31.3 Å². The van der Waals surface area contributed by atoms with E-state index in [9.17, 15) is 14.4 Å². The molecule has 0 aromatic heterocycles. The standard InChI is InChI=1S/C34H38IN5O6/c1-3-18-45-22-15-13-21(14-16-22)19-29(32(42)44-2)39-31(41)28(12-7-17-38-33(36)37)40-34(43)46-20-26-24-9-5-4-8-23(24)25-10-6-11-27(35)30(25)26/h3-6,8-11,13-16,26,28-29H,1,7,12,17-20H2,2H3,(H,39,41)(H,40,43)(H4,36,37,38)/t26?,28-,29+/m1/s1. The minimum Gasteiger partial charge on any atom is -0.490 e. The third kappa shape index (κ3) is 8.99. The Hall–Kier alpha value is -4.59. The van der Waals surface area contributed by atoms with E-state index in [1.54, 1.807) is 30.3 Å². The van der Waals surface area contributed by atoms with Crippen LogP contribution in [0.15, 0.2) is 79.4 Å². The predicted octanol–water partition coefficient (Wildman–Crippen LogP) is 4.23. The highest BCUT2D eigenvalue weighted by molar-refractivity contribution is 14.1. The van der Waals surface area contributed by atoms with Crippen LogP contribution in [0.3, 0.4) is 0 Å². The van der Waals surface area contributed by atoms with Gasteiger partial charge in [-0.3, -0.25) is 10.2 Å². The molecule has 6 N–H and O–H groups in total. The molecule has 0 saturated heterocycles. The van der Waals surface area contributed by atoms with Crippen molar-refractivity contribution in [3.8, 4) is 16.9 Å². The number of alkyl carbamates (subject to hydrolysis) is 1. The molecule has 0 spiro atoms. The Morgan fingerprint density at radius 1 is 1.02 bits per heavy atom. The van der Waals surface area contributed by atoms with Gasteiger partial charge in [0.1, 0.15) is 31.0 Å². The van der Waals surface area contributed by atoms with Crippen molar-refractivity contribution < 1.29 is 28.6 Å². The molecule has 1 aliphatic rings. The fourth-order valence-electron chi connectivity index (χ4n) is 5.36. The van der Waals surface area contributed by atoms with Gasteiger partial charge in [-0.2, -0.15) is 0 Å². The highest BCUT2D eigenvalue weighted by Crippen LogP contribution is 2.46. The number of methoxy groups -OCH3 is 1.